The molecule has 2 rings (SSSR count). The van der Waals surface area contributed by atoms with Crippen molar-refractivity contribution in [3.8, 4) is 0 Å². The Kier molecular flexibility index (Phi) is 4.90. The highest BCUT2D eigenvalue weighted by molar-refractivity contribution is 5.80. The number of carbonyl (C=O) groups excluding carboxylic acids is 1. The predicted molar refractivity (Wildman–Crippen MR) is 76.1 cm³/mol. The Labute approximate surface area is 118 Å². The van der Waals surface area contributed by atoms with Crippen molar-refractivity contribution in [1.29, 1.82) is 0 Å². The van der Waals surface area contributed by atoms with Crippen LogP contribution >= 0.6 is 0 Å². The van der Waals surface area contributed by atoms with Gasteiger partial charge < -0.3 is 10.4 Å². The smallest absolute Gasteiger partial charge is 0.244 e. The van der Waals surface area contributed by atoms with Crippen molar-refractivity contribution in [2.75, 3.05) is 6.61 Å². The molecule has 20 heavy (non-hydrogen) atoms. The Morgan fingerprint density at radius 1 is 1.35 bits per heavy atom. The number of benzene rings is 1. The minimum Gasteiger partial charge on any atom is -0.394 e. The third kappa shape index (κ3) is 3.68. The highest BCUT2D eigenvalue weighted by atomic mass is 16.3. The zero-order chi connectivity index (χ0) is 14.4. The van der Waals surface area contributed by atoms with E-state index in [4.69, 9.17) is 0 Å². The fourth-order valence-electron chi connectivity index (χ4n) is 2.01. The Hall–Kier alpha value is -2.14. The lowest BCUT2D eigenvalue weighted by Crippen LogP contribution is -2.42. The van der Waals surface area contributed by atoms with Crippen molar-refractivity contribution in [3.63, 3.8) is 0 Å². The zero-order valence-electron chi connectivity index (χ0n) is 11.4. The van der Waals surface area contributed by atoms with E-state index in [0.717, 1.165) is 5.56 Å². The van der Waals surface area contributed by atoms with Crippen molar-refractivity contribution < 1.29 is 9.90 Å². The topological polar surface area (TPSA) is 67.2 Å². The molecule has 0 aliphatic rings. The van der Waals surface area contributed by atoms with Crippen molar-refractivity contribution in [2.45, 2.75) is 25.4 Å². The van der Waals surface area contributed by atoms with Crippen LogP contribution in [0.2, 0.25) is 0 Å². The lowest BCUT2D eigenvalue weighted by atomic mass is 10.1. The Morgan fingerprint density at radius 3 is 2.70 bits per heavy atom. The predicted octanol–water partition coefficient (Wildman–Crippen LogP) is 1.16. The van der Waals surface area contributed by atoms with Gasteiger partial charge in [-0.25, -0.2) is 0 Å². The van der Waals surface area contributed by atoms with Gasteiger partial charge in [-0.2, -0.15) is 5.10 Å². The maximum atomic E-state index is 12.1. The fraction of sp³-hybridized carbons (Fsp3) is 0.333. The standard InChI is InChI=1S/C15H19N3O2/c1-12(18-9-5-8-16-18)15(20)17-14(11-19)10-13-6-3-2-4-7-13/h2-9,12,14,19H,10-11H2,1H3,(H,17,20)/t12?,14-/m1/s1. The summed E-state index contributed by atoms with van der Waals surface area (Å²) in [6.07, 6.45) is 3.99. The molecule has 2 aromatic rings. The largest absolute Gasteiger partial charge is 0.394 e. The van der Waals surface area contributed by atoms with Crippen molar-refractivity contribution in [1.82, 2.24) is 15.1 Å². The van der Waals surface area contributed by atoms with Crippen LogP contribution in [0.3, 0.4) is 0 Å². The van der Waals surface area contributed by atoms with Crippen LogP contribution in [-0.2, 0) is 11.2 Å². The molecule has 1 heterocycles. The van der Waals surface area contributed by atoms with Crippen LogP contribution in [0.4, 0.5) is 0 Å². The van der Waals surface area contributed by atoms with E-state index in [0.29, 0.717) is 6.42 Å². The zero-order valence-corrected chi connectivity index (χ0v) is 11.4. The molecule has 5 heteroatoms. The Morgan fingerprint density at radius 2 is 2.10 bits per heavy atom. The summed E-state index contributed by atoms with van der Waals surface area (Å²) in [6.45, 7) is 1.69. The highest BCUT2D eigenvalue weighted by Gasteiger charge is 2.18. The summed E-state index contributed by atoms with van der Waals surface area (Å²) in [5.74, 6) is -0.149. The van der Waals surface area contributed by atoms with Crippen molar-refractivity contribution in [2.24, 2.45) is 0 Å². The molecule has 2 N–H and O–H groups in total. The van der Waals surface area contributed by atoms with Crippen molar-refractivity contribution >= 4 is 5.91 Å². The molecule has 0 radical (unpaired) electrons. The second-order valence-electron chi connectivity index (χ2n) is 4.74. The number of hydrogen-bond donors (Lipinski definition) is 2. The third-order valence-electron chi connectivity index (χ3n) is 3.19. The van der Waals surface area contributed by atoms with E-state index >= 15 is 0 Å². The first-order valence-corrected chi connectivity index (χ1v) is 6.65. The first kappa shape index (κ1) is 14.3. The van der Waals surface area contributed by atoms with Gasteiger partial charge in [0.15, 0.2) is 0 Å². The maximum Gasteiger partial charge on any atom is 0.244 e. The number of hydrogen-bond acceptors (Lipinski definition) is 3. The SMILES string of the molecule is CC(C(=O)N[C@@H](CO)Cc1ccccc1)n1cccn1. The molecule has 0 spiro atoms. The van der Waals surface area contributed by atoms with Gasteiger partial charge in [-0.15, -0.1) is 0 Å². The second kappa shape index (κ2) is 6.86. The van der Waals surface area contributed by atoms with E-state index < -0.39 is 6.04 Å². The van der Waals surface area contributed by atoms with Gasteiger partial charge in [-0.3, -0.25) is 9.48 Å². The molecule has 1 aromatic heterocycles. The summed E-state index contributed by atoms with van der Waals surface area (Å²) in [4.78, 5) is 12.1. The average molecular weight is 273 g/mol. The van der Waals surface area contributed by atoms with Crippen LogP contribution in [0.5, 0.6) is 0 Å². The monoisotopic (exact) mass is 273 g/mol. The van der Waals surface area contributed by atoms with E-state index in [9.17, 15) is 9.90 Å². The summed E-state index contributed by atoms with van der Waals surface area (Å²) in [6, 6.07) is 10.9. The van der Waals surface area contributed by atoms with Crippen LogP contribution in [0.1, 0.15) is 18.5 Å². The minimum atomic E-state index is -0.394. The first-order chi connectivity index (χ1) is 9.70. The normalized spacial score (nSPS) is 13.7. The lowest BCUT2D eigenvalue weighted by Gasteiger charge is -2.19. The van der Waals surface area contributed by atoms with Gasteiger partial charge in [0.25, 0.3) is 0 Å². The van der Waals surface area contributed by atoms with E-state index in [1.807, 2.05) is 30.3 Å². The molecule has 0 fully saturated rings. The number of nitrogens with one attached hydrogen (secondary N) is 1. The fourth-order valence-corrected chi connectivity index (χ4v) is 2.01. The van der Waals surface area contributed by atoms with Crippen LogP contribution in [0.15, 0.2) is 48.8 Å². The van der Waals surface area contributed by atoms with E-state index in [2.05, 4.69) is 10.4 Å². The summed E-state index contributed by atoms with van der Waals surface area (Å²) in [5, 5.41) is 16.3. The maximum absolute atomic E-state index is 12.1. The first-order valence-electron chi connectivity index (χ1n) is 6.65. The summed E-state index contributed by atoms with van der Waals surface area (Å²) >= 11 is 0. The highest BCUT2D eigenvalue weighted by Crippen LogP contribution is 2.06. The van der Waals surface area contributed by atoms with Gasteiger partial charge in [0.05, 0.1) is 12.6 Å². The average Bonchev–Trinajstić information content (AvgIpc) is 3.01. The van der Waals surface area contributed by atoms with E-state index in [1.165, 1.54) is 0 Å². The number of aliphatic hydroxyl groups is 1. The van der Waals surface area contributed by atoms with Crippen LogP contribution in [0, 0.1) is 0 Å². The Bertz CT molecular complexity index is 525. The minimum absolute atomic E-state index is 0.0908. The molecular formula is C15H19N3O2. The number of carbonyl (C=O) groups is 1. The lowest BCUT2D eigenvalue weighted by molar-refractivity contribution is -0.125. The second-order valence-corrected chi connectivity index (χ2v) is 4.74. The van der Waals surface area contributed by atoms with Gasteiger partial charge in [0.1, 0.15) is 6.04 Å². The molecule has 0 aliphatic carbocycles. The van der Waals surface area contributed by atoms with Crippen LogP contribution in [-0.4, -0.2) is 33.4 Å². The van der Waals surface area contributed by atoms with Gasteiger partial charge in [0, 0.05) is 12.4 Å². The molecular weight excluding hydrogens is 254 g/mol. The van der Waals surface area contributed by atoms with Crippen LogP contribution < -0.4 is 5.32 Å². The molecule has 1 aromatic carbocycles. The van der Waals surface area contributed by atoms with E-state index in [-0.39, 0.29) is 18.6 Å². The summed E-state index contributed by atoms with van der Waals surface area (Å²) in [5.41, 5.74) is 1.08. The van der Waals surface area contributed by atoms with Crippen LogP contribution in [0.25, 0.3) is 0 Å². The molecule has 0 bridgehead atoms. The van der Waals surface area contributed by atoms with Crippen molar-refractivity contribution in [3.05, 3.63) is 54.4 Å². The van der Waals surface area contributed by atoms with Gasteiger partial charge >= 0.3 is 0 Å². The number of nitrogens with zero attached hydrogens (tertiary/aromatic N) is 2. The third-order valence-corrected chi connectivity index (χ3v) is 3.19. The summed E-state index contributed by atoms with van der Waals surface area (Å²) in [7, 11) is 0. The molecule has 0 saturated heterocycles. The number of amides is 1. The molecule has 1 unspecified atom stereocenters. The number of aliphatic hydroxyl groups excluding tert-OH is 1. The van der Waals surface area contributed by atoms with Gasteiger partial charge in [-0.05, 0) is 25.0 Å². The molecule has 0 saturated carbocycles. The molecule has 1 amide bonds. The Balaban J connectivity index is 1.94. The van der Waals surface area contributed by atoms with E-state index in [1.54, 1.807) is 30.1 Å². The summed E-state index contributed by atoms with van der Waals surface area (Å²) < 4.78 is 1.59. The number of rotatable bonds is 6. The van der Waals surface area contributed by atoms with Gasteiger partial charge in [0.2, 0.25) is 5.91 Å². The molecule has 2 atom stereocenters. The number of aromatic nitrogens is 2. The molecule has 106 valence electrons. The molecule has 0 aliphatic heterocycles. The molecule has 5 nitrogen and oxygen atoms in total. The van der Waals surface area contributed by atoms with Gasteiger partial charge in [-0.1, -0.05) is 30.3 Å². The quantitative estimate of drug-likeness (QED) is 0.830.